The molecule has 1 fully saturated rings. The monoisotopic (exact) mass is 363 g/mol. The van der Waals surface area contributed by atoms with Crippen molar-refractivity contribution >= 4 is 28.2 Å². The van der Waals surface area contributed by atoms with Crippen LogP contribution >= 0.6 is 11.3 Å². The minimum atomic E-state index is -0.321. The summed E-state index contributed by atoms with van der Waals surface area (Å²) in [6.45, 7) is 1.65. The number of aromatic nitrogens is 2. The summed E-state index contributed by atoms with van der Waals surface area (Å²) < 4.78 is 11.4. The average Bonchev–Trinajstić information content (AvgIpc) is 3.06. The zero-order chi connectivity index (χ0) is 17.5. The second-order valence-corrected chi connectivity index (χ2v) is 6.76. The fourth-order valence-electron chi connectivity index (χ4n) is 2.43. The van der Waals surface area contributed by atoms with Gasteiger partial charge in [-0.05, 0) is 43.5 Å². The van der Waals surface area contributed by atoms with Crippen molar-refractivity contribution in [3.63, 3.8) is 0 Å². The van der Waals surface area contributed by atoms with Crippen LogP contribution in [0.3, 0.4) is 0 Å². The molecular weight excluding hydrogens is 342 g/mol. The number of anilines is 2. The summed E-state index contributed by atoms with van der Waals surface area (Å²) in [6, 6.07) is 6.91. The zero-order valence-electron chi connectivity index (χ0n) is 13.7. The second kappa shape index (κ2) is 8.63. The molecule has 9 heteroatoms. The summed E-state index contributed by atoms with van der Waals surface area (Å²) in [5, 5.41) is 14.0. The van der Waals surface area contributed by atoms with E-state index in [1.807, 2.05) is 12.1 Å². The number of nitrogens with two attached hydrogens (primary N) is 1. The Bertz CT molecular complexity index is 685. The van der Waals surface area contributed by atoms with Crippen LogP contribution in [0.5, 0.6) is 5.75 Å². The third-order valence-corrected chi connectivity index (χ3v) is 4.46. The lowest BCUT2D eigenvalue weighted by atomic mass is 10.1. The zero-order valence-corrected chi connectivity index (χ0v) is 14.6. The molecule has 0 spiro atoms. The Kier molecular flexibility index (Phi) is 6.02. The fourth-order valence-corrected chi connectivity index (χ4v) is 2.98. The molecule has 0 unspecified atom stereocenters. The molecule has 2 amide bonds. The van der Waals surface area contributed by atoms with Crippen LogP contribution in [0.15, 0.2) is 24.3 Å². The molecule has 8 nitrogen and oxygen atoms in total. The quantitative estimate of drug-likeness (QED) is 0.727. The van der Waals surface area contributed by atoms with Gasteiger partial charge in [0.2, 0.25) is 5.13 Å². The van der Waals surface area contributed by atoms with Crippen LogP contribution < -0.4 is 21.1 Å². The number of nitrogens with zero attached hydrogens (tertiary/aromatic N) is 2. The van der Waals surface area contributed by atoms with Crippen LogP contribution in [0.1, 0.15) is 24.3 Å². The van der Waals surface area contributed by atoms with Gasteiger partial charge in [-0.3, -0.25) is 0 Å². The highest BCUT2D eigenvalue weighted by molar-refractivity contribution is 7.15. The van der Waals surface area contributed by atoms with Gasteiger partial charge in [-0.25, -0.2) is 4.79 Å². The predicted octanol–water partition coefficient (Wildman–Crippen LogP) is 2.39. The predicted molar refractivity (Wildman–Crippen MR) is 95.7 cm³/mol. The van der Waals surface area contributed by atoms with Gasteiger partial charge in [0, 0.05) is 12.3 Å². The van der Waals surface area contributed by atoms with Gasteiger partial charge in [0.15, 0.2) is 0 Å². The van der Waals surface area contributed by atoms with E-state index in [9.17, 15) is 4.79 Å². The van der Waals surface area contributed by atoms with E-state index in [1.165, 1.54) is 17.8 Å². The van der Waals surface area contributed by atoms with Crippen molar-refractivity contribution in [2.24, 2.45) is 0 Å². The van der Waals surface area contributed by atoms with Crippen molar-refractivity contribution in [2.75, 3.05) is 24.3 Å². The number of carbonyl (C=O) groups is 1. The first-order valence-corrected chi connectivity index (χ1v) is 8.98. The minimum absolute atomic E-state index is 0.173. The van der Waals surface area contributed by atoms with Crippen LogP contribution in [-0.4, -0.2) is 35.5 Å². The summed E-state index contributed by atoms with van der Waals surface area (Å²) in [4.78, 5) is 11.9. The van der Waals surface area contributed by atoms with Gasteiger partial charge >= 0.3 is 6.03 Å². The first-order chi connectivity index (χ1) is 12.2. The van der Waals surface area contributed by atoms with E-state index in [1.54, 1.807) is 12.1 Å². The average molecular weight is 363 g/mol. The van der Waals surface area contributed by atoms with E-state index < -0.39 is 0 Å². The van der Waals surface area contributed by atoms with Gasteiger partial charge in [-0.2, -0.15) is 0 Å². The van der Waals surface area contributed by atoms with Crippen molar-refractivity contribution in [1.82, 2.24) is 15.5 Å². The molecule has 1 saturated heterocycles. The Morgan fingerprint density at radius 1 is 1.32 bits per heavy atom. The molecule has 2 heterocycles. The summed E-state index contributed by atoms with van der Waals surface area (Å²) >= 11 is 1.24. The molecule has 0 radical (unpaired) electrons. The number of carbonyl (C=O) groups excluding carboxylic acids is 1. The number of amides is 2. The highest BCUT2D eigenvalue weighted by Gasteiger charge is 2.14. The molecule has 1 aromatic carbocycles. The Morgan fingerprint density at radius 2 is 2.16 bits per heavy atom. The normalized spacial score (nSPS) is 17.0. The number of benzene rings is 1. The Hall–Kier alpha value is -2.39. The molecule has 3 rings (SSSR count). The van der Waals surface area contributed by atoms with E-state index in [0.29, 0.717) is 22.4 Å². The van der Waals surface area contributed by atoms with Gasteiger partial charge in [0.25, 0.3) is 0 Å². The van der Waals surface area contributed by atoms with E-state index in [4.69, 9.17) is 15.2 Å². The lowest BCUT2D eigenvalue weighted by Crippen LogP contribution is -2.28. The number of rotatable bonds is 6. The van der Waals surface area contributed by atoms with Gasteiger partial charge in [0.1, 0.15) is 17.4 Å². The summed E-state index contributed by atoms with van der Waals surface area (Å²) in [6.07, 6.45) is 3.54. The van der Waals surface area contributed by atoms with Crippen molar-refractivity contribution < 1.29 is 14.3 Å². The number of nitrogens with one attached hydrogen (secondary N) is 2. The molecule has 2 aromatic rings. The standard InChI is InChI=1S/C16H21N5O3S/c17-15-21-20-14(25-15)9-18-16(22)19-11-4-6-12(7-5-11)24-10-13-3-1-2-8-23-13/h4-7,13H,1-3,8-10H2,(H2,17,21)(H2,18,19,22)/t13-/m1/s1. The van der Waals surface area contributed by atoms with Crippen molar-refractivity contribution in [3.05, 3.63) is 29.3 Å². The third kappa shape index (κ3) is 5.57. The fraction of sp³-hybridized carbons (Fsp3) is 0.438. The molecule has 134 valence electrons. The second-order valence-electron chi connectivity index (χ2n) is 5.67. The first-order valence-electron chi connectivity index (χ1n) is 8.16. The maximum Gasteiger partial charge on any atom is 0.319 e. The highest BCUT2D eigenvalue weighted by atomic mass is 32.1. The Balaban J connectivity index is 1.41. The smallest absolute Gasteiger partial charge is 0.319 e. The van der Waals surface area contributed by atoms with E-state index in [-0.39, 0.29) is 18.7 Å². The topological polar surface area (TPSA) is 111 Å². The lowest BCUT2D eigenvalue weighted by Gasteiger charge is -2.22. The molecule has 1 aliphatic heterocycles. The van der Waals surface area contributed by atoms with Crippen molar-refractivity contribution in [3.8, 4) is 5.75 Å². The maximum atomic E-state index is 11.9. The molecule has 0 saturated carbocycles. The van der Waals surface area contributed by atoms with Crippen molar-refractivity contribution in [2.45, 2.75) is 31.9 Å². The van der Waals surface area contributed by atoms with Crippen LogP contribution in [0, 0.1) is 0 Å². The summed E-state index contributed by atoms with van der Waals surface area (Å²) in [5.74, 6) is 0.754. The molecule has 4 N–H and O–H groups in total. The molecule has 1 atom stereocenters. The third-order valence-electron chi connectivity index (χ3n) is 3.70. The highest BCUT2D eigenvalue weighted by Crippen LogP contribution is 2.18. The number of urea groups is 1. The van der Waals surface area contributed by atoms with Gasteiger partial charge in [0.05, 0.1) is 12.6 Å². The maximum absolute atomic E-state index is 11.9. The number of hydrogen-bond donors (Lipinski definition) is 3. The van der Waals surface area contributed by atoms with Crippen molar-refractivity contribution in [1.29, 1.82) is 0 Å². The minimum Gasteiger partial charge on any atom is -0.491 e. The molecular formula is C16H21N5O3S. The molecule has 25 heavy (non-hydrogen) atoms. The first kappa shape index (κ1) is 17.4. The number of ether oxygens (including phenoxy) is 2. The van der Waals surface area contributed by atoms with E-state index >= 15 is 0 Å². The Morgan fingerprint density at radius 3 is 2.84 bits per heavy atom. The van der Waals surface area contributed by atoms with E-state index in [0.717, 1.165) is 25.2 Å². The SMILES string of the molecule is Nc1nnc(CNC(=O)Nc2ccc(OC[C@H]3CCCCO3)cc2)s1. The molecule has 0 bridgehead atoms. The van der Waals surface area contributed by atoms with Gasteiger partial charge in [-0.1, -0.05) is 11.3 Å². The van der Waals surface area contributed by atoms with Crippen LogP contribution in [0.4, 0.5) is 15.6 Å². The Labute approximate surface area is 149 Å². The number of hydrogen-bond acceptors (Lipinski definition) is 7. The summed E-state index contributed by atoms with van der Waals surface area (Å²) in [7, 11) is 0. The van der Waals surface area contributed by atoms with Gasteiger partial charge < -0.3 is 25.8 Å². The molecule has 1 aliphatic rings. The number of nitrogen functional groups attached to an aromatic ring is 1. The largest absolute Gasteiger partial charge is 0.491 e. The van der Waals surface area contributed by atoms with E-state index in [2.05, 4.69) is 20.8 Å². The summed E-state index contributed by atoms with van der Waals surface area (Å²) in [5.41, 5.74) is 6.17. The molecule has 1 aromatic heterocycles. The molecule has 0 aliphatic carbocycles. The van der Waals surface area contributed by atoms with Crippen LogP contribution in [0.2, 0.25) is 0 Å². The van der Waals surface area contributed by atoms with Crippen LogP contribution in [0.25, 0.3) is 0 Å². The van der Waals surface area contributed by atoms with Gasteiger partial charge in [-0.15, -0.1) is 10.2 Å². The van der Waals surface area contributed by atoms with Crippen LogP contribution in [-0.2, 0) is 11.3 Å². The lowest BCUT2D eigenvalue weighted by molar-refractivity contribution is -0.0110.